The maximum Gasteiger partial charge on any atom is 0.411 e. The summed E-state index contributed by atoms with van der Waals surface area (Å²) in [4.78, 5) is 28.7. The summed E-state index contributed by atoms with van der Waals surface area (Å²) < 4.78 is 41.0. The van der Waals surface area contributed by atoms with E-state index in [-0.39, 0.29) is 35.9 Å². The van der Waals surface area contributed by atoms with Gasteiger partial charge >= 0.3 is 12.2 Å². The number of hydrogen-bond acceptors (Lipinski definition) is 5. The molecular formula is C31H33F2N3O4. The molecule has 1 N–H and O–H groups in total. The molecule has 1 aliphatic carbocycles. The van der Waals surface area contributed by atoms with Crippen LogP contribution in [0.3, 0.4) is 0 Å². The third-order valence-electron chi connectivity index (χ3n) is 7.12. The molecule has 1 aliphatic heterocycles. The number of benzene rings is 3. The van der Waals surface area contributed by atoms with E-state index in [2.05, 4.69) is 5.32 Å². The molecule has 2 amide bonds. The van der Waals surface area contributed by atoms with Crippen molar-refractivity contribution in [2.75, 3.05) is 23.3 Å². The Bertz CT molecular complexity index is 1330. The van der Waals surface area contributed by atoms with Gasteiger partial charge in [-0.2, -0.15) is 0 Å². The molecule has 1 saturated carbocycles. The number of anilines is 2. The number of amides is 2. The molecule has 210 valence electrons. The number of fused-ring (bicyclic) bond motifs is 1. The summed E-state index contributed by atoms with van der Waals surface area (Å²) in [5, 5.41) is 2.39. The Labute approximate surface area is 232 Å². The Morgan fingerprint density at radius 1 is 0.925 bits per heavy atom. The zero-order chi connectivity index (χ0) is 28.4. The molecule has 3 aromatic rings. The van der Waals surface area contributed by atoms with Crippen molar-refractivity contribution in [2.45, 2.75) is 45.6 Å². The fourth-order valence-electron chi connectivity index (χ4n) is 5.35. The molecule has 1 saturated heterocycles. The SMILES string of the molecule is CC(C)(C)OC(=O)N(Cc1ccccc1)[C@H]1[C@@H]2CN(c3c(F)cc(NC(=O)OCc4ccccc4)cc3F)C[C@@H]21. The van der Waals surface area contributed by atoms with Crippen molar-refractivity contribution in [1.29, 1.82) is 0 Å². The Hall–Kier alpha value is -4.14. The minimum absolute atomic E-state index is 0.0296. The highest BCUT2D eigenvalue weighted by Crippen LogP contribution is 2.51. The van der Waals surface area contributed by atoms with Crippen molar-refractivity contribution in [2.24, 2.45) is 11.8 Å². The predicted octanol–water partition coefficient (Wildman–Crippen LogP) is 6.59. The number of nitrogens with one attached hydrogen (secondary N) is 1. The van der Waals surface area contributed by atoms with Gasteiger partial charge in [-0.25, -0.2) is 18.4 Å². The summed E-state index contributed by atoms with van der Waals surface area (Å²) in [6.45, 7) is 6.73. The van der Waals surface area contributed by atoms with E-state index in [1.165, 1.54) is 0 Å². The lowest BCUT2D eigenvalue weighted by Gasteiger charge is -2.31. The van der Waals surface area contributed by atoms with Gasteiger partial charge in [0, 0.05) is 43.2 Å². The van der Waals surface area contributed by atoms with Crippen molar-refractivity contribution in [3.8, 4) is 0 Å². The second kappa shape index (κ2) is 11.2. The fourth-order valence-corrected chi connectivity index (χ4v) is 5.35. The second-order valence-electron chi connectivity index (χ2n) is 11.3. The highest BCUT2D eigenvalue weighted by atomic mass is 19.1. The van der Waals surface area contributed by atoms with Gasteiger partial charge in [-0.15, -0.1) is 0 Å². The van der Waals surface area contributed by atoms with Crippen LogP contribution in [0.25, 0.3) is 0 Å². The van der Waals surface area contributed by atoms with Crippen LogP contribution in [-0.4, -0.2) is 41.8 Å². The molecule has 1 heterocycles. The van der Waals surface area contributed by atoms with Crippen LogP contribution in [0.15, 0.2) is 72.8 Å². The first-order valence-electron chi connectivity index (χ1n) is 13.3. The first kappa shape index (κ1) is 27.4. The van der Waals surface area contributed by atoms with Gasteiger partial charge in [0.25, 0.3) is 0 Å². The second-order valence-corrected chi connectivity index (χ2v) is 11.3. The van der Waals surface area contributed by atoms with Gasteiger partial charge < -0.3 is 19.3 Å². The minimum atomic E-state index is -0.804. The van der Waals surface area contributed by atoms with E-state index in [9.17, 15) is 9.59 Å². The molecule has 0 unspecified atom stereocenters. The van der Waals surface area contributed by atoms with E-state index >= 15 is 8.78 Å². The van der Waals surface area contributed by atoms with E-state index < -0.39 is 29.4 Å². The lowest BCUT2D eigenvalue weighted by molar-refractivity contribution is 0.0195. The lowest BCUT2D eigenvalue weighted by Crippen LogP contribution is -2.41. The molecule has 0 bridgehead atoms. The van der Waals surface area contributed by atoms with E-state index in [0.29, 0.717) is 19.6 Å². The van der Waals surface area contributed by atoms with Crippen LogP contribution in [-0.2, 0) is 22.6 Å². The highest BCUT2D eigenvalue weighted by Gasteiger charge is 2.60. The molecule has 5 rings (SSSR count). The summed E-state index contributed by atoms with van der Waals surface area (Å²) in [5.74, 6) is -1.41. The van der Waals surface area contributed by atoms with Crippen LogP contribution in [0.2, 0.25) is 0 Å². The Morgan fingerprint density at radius 3 is 2.02 bits per heavy atom. The summed E-state index contributed by atoms with van der Waals surface area (Å²) in [5.41, 5.74) is 0.972. The van der Waals surface area contributed by atoms with E-state index in [1.54, 1.807) is 21.9 Å². The highest BCUT2D eigenvalue weighted by molar-refractivity contribution is 5.85. The third kappa shape index (κ3) is 6.35. The van der Waals surface area contributed by atoms with Gasteiger partial charge in [-0.3, -0.25) is 5.32 Å². The predicted molar refractivity (Wildman–Crippen MR) is 148 cm³/mol. The number of nitrogens with zero attached hydrogens (tertiary/aromatic N) is 2. The maximum atomic E-state index is 15.1. The van der Waals surface area contributed by atoms with Crippen LogP contribution in [0.1, 0.15) is 31.9 Å². The summed E-state index contributed by atoms with van der Waals surface area (Å²) in [7, 11) is 0. The van der Waals surface area contributed by atoms with Gasteiger partial charge in [0.05, 0.1) is 0 Å². The van der Waals surface area contributed by atoms with Gasteiger partial charge in [0.15, 0.2) is 11.6 Å². The van der Waals surface area contributed by atoms with Crippen molar-refractivity contribution in [3.63, 3.8) is 0 Å². The number of ether oxygens (including phenoxy) is 2. The molecule has 9 heteroatoms. The molecule has 3 atom stereocenters. The number of carbonyl (C=O) groups excluding carboxylic acids is 2. The maximum absolute atomic E-state index is 15.1. The van der Waals surface area contributed by atoms with Crippen LogP contribution < -0.4 is 10.2 Å². The van der Waals surface area contributed by atoms with Crippen LogP contribution in [0.5, 0.6) is 0 Å². The smallest absolute Gasteiger partial charge is 0.411 e. The van der Waals surface area contributed by atoms with E-state index in [1.807, 2.05) is 69.3 Å². The molecular weight excluding hydrogens is 516 g/mol. The quantitative estimate of drug-likeness (QED) is 0.360. The van der Waals surface area contributed by atoms with E-state index in [4.69, 9.17) is 9.47 Å². The molecule has 2 fully saturated rings. The molecule has 7 nitrogen and oxygen atoms in total. The summed E-state index contributed by atoms with van der Waals surface area (Å²) >= 11 is 0. The standard InChI is InChI=1S/C31H33F2N3O4/c1-31(2,3)40-30(38)36(16-20-10-6-4-7-11-20)27-23-17-35(18-24(23)27)28-25(32)14-22(15-26(28)33)34-29(37)39-19-21-12-8-5-9-13-21/h4-15,23-24,27H,16-19H2,1-3H3,(H,34,37)/t23-,24+,27+. The first-order valence-corrected chi connectivity index (χ1v) is 13.3. The molecule has 3 aromatic carbocycles. The molecule has 0 radical (unpaired) electrons. The molecule has 40 heavy (non-hydrogen) atoms. The van der Waals surface area contributed by atoms with Crippen LogP contribution >= 0.6 is 0 Å². The van der Waals surface area contributed by atoms with Crippen LogP contribution in [0, 0.1) is 23.5 Å². The summed E-state index contributed by atoms with van der Waals surface area (Å²) in [6, 6.07) is 20.9. The first-order chi connectivity index (χ1) is 19.1. The number of halogens is 2. The average molecular weight is 550 g/mol. The zero-order valence-corrected chi connectivity index (χ0v) is 22.8. The van der Waals surface area contributed by atoms with Crippen molar-refractivity contribution in [3.05, 3.63) is 95.6 Å². The Kier molecular flexibility index (Phi) is 7.65. The molecule has 0 spiro atoms. The zero-order valence-electron chi connectivity index (χ0n) is 22.8. The monoisotopic (exact) mass is 549 g/mol. The lowest BCUT2D eigenvalue weighted by atomic mass is 10.2. The number of piperidine rings is 1. The Balaban J connectivity index is 1.22. The van der Waals surface area contributed by atoms with Crippen LogP contribution in [0.4, 0.5) is 29.7 Å². The normalized spacial score (nSPS) is 19.5. The molecule has 2 aliphatic rings. The fraction of sp³-hybridized carbons (Fsp3) is 0.355. The van der Waals surface area contributed by atoms with Crippen molar-refractivity contribution >= 4 is 23.6 Å². The number of hydrogen-bond donors (Lipinski definition) is 1. The minimum Gasteiger partial charge on any atom is -0.444 e. The van der Waals surface area contributed by atoms with Gasteiger partial charge in [0.1, 0.15) is 17.9 Å². The van der Waals surface area contributed by atoms with Gasteiger partial charge in [-0.05, 0) is 44.0 Å². The van der Waals surface area contributed by atoms with Gasteiger partial charge in [-0.1, -0.05) is 60.7 Å². The average Bonchev–Trinajstić information content (AvgIpc) is 3.37. The van der Waals surface area contributed by atoms with Crippen molar-refractivity contribution in [1.82, 2.24) is 4.90 Å². The molecule has 0 aromatic heterocycles. The third-order valence-corrected chi connectivity index (χ3v) is 7.12. The summed E-state index contributed by atoms with van der Waals surface area (Å²) in [6.07, 6.45) is -1.20. The topological polar surface area (TPSA) is 71.1 Å². The van der Waals surface area contributed by atoms with E-state index in [0.717, 1.165) is 23.3 Å². The largest absolute Gasteiger partial charge is 0.444 e. The number of carbonyl (C=O) groups is 2. The van der Waals surface area contributed by atoms with Gasteiger partial charge in [0.2, 0.25) is 0 Å². The Morgan fingerprint density at radius 2 is 1.48 bits per heavy atom. The van der Waals surface area contributed by atoms with Crippen molar-refractivity contribution < 1.29 is 27.8 Å². The number of rotatable bonds is 7.